The Bertz CT molecular complexity index is 599. The molecule has 106 valence electrons. The largest absolute Gasteiger partial charge is 0.478 e. The number of nitrogens with zero attached hydrogens (tertiary/aromatic N) is 1. The number of sulfonamides is 1. The molecular formula is C11H14BrNO5S. The van der Waals surface area contributed by atoms with E-state index < -0.39 is 16.0 Å². The van der Waals surface area contributed by atoms with Crippen molar-refractivity contribution >= 4 is 31.9 Å². The van der Waals surface area contributed by atoms with Gasteiger partial charge in [0.15, 0.2) is 0 Å². The summed E-state index contributed by atoms with van der Waals surface area (Å²) in [5, 5.41) is 17.8. The van der Waals surface area contributed by atoms with Gasteiger partial charge in [-0.25, -0.2) is 13.2 Å². The fraction of sp³-hybridized carbons (Fsp3) is 0.364. The predicted octanol–water partition coefficient (Wildman–Crippen LogP) is 1.07. The number of carbonyl (C=O) groups is 1. The van der Waals surface area contributed by atoms with Crippen LogP contribution in [0.15, 0.2) is 21.5 Å². The lowest BCUT2D eigenvalue weighted by molar-refractivity contribution is 0.0696. The number of likely N-dealkylation sites (N-methyl/N-ethyl adjacent to an activating group) is 1. The molecule has 0 saturated heterocycles. The highest BCUT2D eigenvalue weighted by atomic mass is 79.9. The van der Waals surface area contributed by atoms with Crippen LogP contribution in [0.5, 0.6) is 0 Å². The summed E-state index contributed by atoms with van der Waals surface area (Å²) in [5.74, 6) is -1.21. The minimum absolute atomic E-state index is 0.0588. The van der Waals surface area contributed by atoms with Gasteiger partial charge in [-0.15, -0.1) is 0 Å². The van der Waals surface area contributed by atoms with E-state index in [2.05, 4.69) is 15.9 Å². The van der Waals surface area contributed by atoms with E-state index in [9.17, 15) is 13.2 Å². The summed E-state index contributed by atoms with van der Waals surface area (Å²) in [6.45, 7) is 1.21. The average molecular weight is 352 g/mol. The van der Waals surface area contributed by atoms with Crippen LogP contribution in [0.1, 0.15) is 15.9 Å². The van der Waals surface area contributed by atoms with E-state index in [1.165, 1.54) is 13.1 Å². The van der Waals surface area contributed by atoms with E-state index in [1.807, 2.05) is 0 Å². The molecule has 0 heterocycles. The Hall–Kier alpha value is -0.960. The lowest BCUT2D eigenvalue weighted by atomic mass is 10.1. The van der Waals surface area contributed by atoms with Gasteiger partial charge in [0.1, 0.15) is 0 Å². The monoisotopic (exact) mass is 351 g/mol. The number of aliphatic hydroxyl groups excluding tert-OH is 1. The fourth-order valence-corrected chi connectivity index (χ4v) is 3.50. The molecule has 0 amide bonds. The molecule has 0 saturated carbocycles. The van der Waals surface area contributed by atoms with Crippen LogP contribution in [-0.4, -0.2) is 49.1 Å². The van der Waals surface area contributed by atoms with Crippen LogP contribution in [0, 0.1) is 6.92 Å². The summed E-state index contributed by atoms with van der Waals surface area (Å²) in [6, 6.07) is 2.47. The van der Waals surface area contributed by atoms with Gasteiger partial charge < -0.3 is 10.2 Å². The molecule has 0 fully saturated rings. The zero-order valence-corrected chi connectivity index (χ0v) is 12.8. The SMILES string of the molecule is Cc1c(Br)cc(C(=O)O)cc1S(=O)(=O)N(C)CCO. The summed E-state index contributed by atoms with van der Waals surface area (Å²) in [7, 11) is -2.50. The van der Waals surface area contributed by atoms with E-state index in [0.29, 0.717) is 10.0 Å². The number of hydrogen-bond donors (Lipinski definition) is 2. The molecular weight excluding hydrogens is 338 g/mol. The van der Waals surface area contributed by atoms with Crippen molar-refractivity contribution in [3.63, 3.8) is 0 Å². The number of carboxylic acid groups (broad SMARTS) is 1. The summed E-state index contributed by atoms with van der Waals surface area (Å²) in [4.78, 5) is 10.9. The van der Waals surface area contributed by atoms with E-state index in [0.717, 1.165) is 10.4 Å². The topological polar surface area (TPSA) is 94.9 Å². The van der Waals surface area contributed by atoms with Gasteiger partial charge in [0.25, 0.3) is 0 Å². The van der Waals surface area contributed by atoms with Crippen LogP contribution in [0.25, 0.3) is 0 Å². The summed E-state index contributed by atoms with van der Waals surface area (Å²) in [6.07, 6.45) is 0. The molecule has 0 bridgehead atoms. The maximum absolute atomic E-state index is 12.3. The van der Waals surface area contributed by atoms with Crippen molar-refractivity contribution < 1.29 is 23.4 Å². The summed E-state index contributed by atoms with van der Waals surface area (Å²) < 4.78 is 25.9. The molecule has 1 aromatic carbocycles. The van der Waals surface area contributed by atoms with Crippen molar-refractivity contribution in [2.75, 3.05) is 20.2 Å². The molecule has 1 rings (SSSR count). The second-order valence-electron chi connectivity index (χ2n) is 3.94. The van der Waals surface area contributed by atoms with Gasteiger partial charge >= 0.3 is 5.97 Å². The molecule has 0 spiro atoms. The summed E-state index contributed by atoms with van der Waals surface area (Å²) in [5.41, 5.74) is 0.309. The van der Waals surface area contributed by atoms with Crippen molar-refractivity contribution in [2.24, 2.45) is 0 Å². The second kappa shape index (κ2) is 6.00. The standard InChI is InChI=1S/C11H14BrNO5S/c1-7-9(12)5-8(11(15)16)6-10(7)19(17,18)13(2)3-4-14/h5-6,14H,3-4H2,1-2H3,(H,15,16). The highest BCUT2D eigenvalue weighted by Crippen LogP contribution is 2.27. The van der Waals surface area contributed by atoms with Crippen molar-refractivity contribution in [3.8, 4) is 0 Å². The third-order valence-corrected chi connectivity index (χ3v) is 5.45. The quantitative estimate of drug-likeness (QED) is 0.827. The number of carboxylic acids is 1. The van der Waals surface area contributed by atoms with Crippen LogP contribution >= 0.6 is 15.9 Å². The Morgan fingerprint density at radius 1 is 1.42 bits per heavy atom. The first-order valence-electron chi connectivity index (χ1n) is 5.32. The van der Waals surface area contributed by atoms with Crippen LogP contribution < -0.4 is 0 Å². The third kappa shape index (κ3) is 3.33. The smallest absolute Gasteiger partial charge is 0.335 e. The number of benzene rings is 1. The lowest BCUT2D eigenvalue weighted by Crippen LogP contribution is -2.30. The van der Waals surface area contributed by atoms with E-state index in [-0.39, 0.29) is 23.6 Å². The van der Waals surface area contributed by atoms with Gasteiger partial charge in [-0.1, -0.05) is 15.9 Å². The molecule has 0 unspecified atom stereocenters. The maximum atomic E-state index is 12.3. The highest BCUT2D eigenvalue weighted by Gasteiger charge is 2.25. The second-order valence-corrected chi connectivity index (χ2v) is 6.80. The Morgan fingerprint density at radius 3 is 2.47 bits per heavy atom. The predicted molar refractivity (Wildman–Crippen MR) is 72.7 cm³/mol. The van der Waals surface area contributed by atoms with Crippen molar-refractivity contribution in [1.82, 2.24) is 4.31 Å². The Balaban J connectivity index is 3.45. The van der Waals surface area contributed by atoms with E-state index in [4.69, 9.17) is 10.2 Å². The molecule has 0 aromatic heterocycles. The van der Waals surface area contributed by atoms with Gasteiger partial charge in [-0.2, -0.15) is 4.31 Å². The number of aromatic carboxylic acids is 1. The zero-order chi connectivity index (χ0) is 14.8. The molecule has 8 heteroatoms. The molecule has 0 aliphatic heterocycles. The number of rotatable bonds is 5. The van der Waals surface area contributed by atoms with Crippen LogP contribution in [0.4, 0.5) is 0 Å². The Morgan fingerprint density at radius 2 is 2.00 bits per heavy atom. The van der Waals surface area contributed by atoms with Crippen molar-refractivity contribution in [3.05, 3.63) is 27.7 Å². The highest BCUT2D eigenvalue weighted by molar-refractivity contribution is 9.10. The van der Waals surface area contributed by atoms with Crippen molar-refractivity contribution in [1.29, 1.82) is 0 Å². The molecule has 1 aromatic rings. The molecule has 2 N–H and O–H groups in total. The van der Waals surface area contributed by atoms with E-state index in [1.54, 1.807) is 6.92 Å². The third-order valence-electron chi connectivity index (χ3n) is 2.65. The van der Waals surface area contributed by atoms with E-state index >= 15 is 0 Å². The van der Waals surface area contributed by atoms with Gasteiger partial charge in [0.2, 0.25) is 10.0 Å². The van der Waals surface area contributed by atoms with Gasteiger partial charge in [0, 0.05) is 18.1 Å². The number of hydrogen-bond acceptors (Lipinski definition) is 4. The molecule has 19 heavy (non-hydrogen) atoms. The first kappa shape index (κ1) is 16.1. The zero-order valence-electron chi connectivity index (χ0n) is 10.4. The maximum Gasteiger partial charge on any atom is 0.335 e. The minimum Gasteiger partial charge on any atom is -0.478 e. The Kier molecular flexibility index (Phi) is 5.08. The van der Waals surface area contributed by atoms with Crippen LogP contribution in [0.2, 0.25) is 0 Å². The Labute approximate surface area is 119 Å². The molecule has 0 atom stereocenters. The minimum atomic E-state index is -3.83. The normalized spacial score (nSPS) is 11.8. The molecule has 0 aliphatic carbocycles. The van der Waals surface area contributed by atoms with Gasteiger partial charge in [-0.3, -0.25) is 0 Å². The van der Waals surface area contributed by atoms with Crippen LogP contribution in [0.3, 0.4) is 0 Å². The van der Waals surface area contributed by atoms with Crippen molar-refractivity contribution in [2.45, 2.75) is 11.8 Å². The first-order valence-corrected chi connectivity index (χ1v) is 7.55. The number of aliphatic hydroxyl groups is 1. The number of halogens is 1. The lowest BCUT2D eigenvalue weighted by Gasteiger charge is -2.18. The first-order chi connectivity index (χ1) is 8.71. The molecule has 6 nitrogen and oxygen atoms in total. The fourth-order valence-electron chi connectivity index (χ4n) is 1.47. The van der Waals surface area contributed by atoms with Gasteiger partial charge in [0.05, 0.1) is 17.1 Å². The van der Waals surface area contributed by atoms with Crippen LogP contribution in [-0.2, 0) is 10.0 Å². The average Bonchev–Trinajstić information content (AvgIpc) is 2.32. The summed E-state index contributed by atoms with van der Waals surface area (Å²) >= 11 is 3.15. The molecule has 0 aliphatic rings. The molecule has 0 radical (unpaired) electrons. The van der Waals surface area contributed by atoms with Gasteiger partial charge in [-0.05, 0) is 24.6 Å².